The minimum absolute atomic E-state index is 1.14. The molecule has 0 saturated heterocycles. The van der Waals surface area contributed by atoms with Crippen LogP contribution in [-0.2, 0) is 0 Å². The van der Waals surface area contributed by atoms with Gasteiger partial charge in [-0.3, -0.25) is 0 Å². The molecule has 0 rings (SSSR count). The fraction of sp³-hybridized carbons (Fsp3) is 0.636. The van der Waals surface area contributed by atoms with Gasteiger partial charge in [0.1, 0.15) is 0 Å². The Morgan fingerprint density at radius 3 is 2.27 bits per heavy atom. The van der Waals surface area contributed by atoms with Crippen molar-refractivity contribution in [2.45, 2.75) is 46.0 Å². The van der Waals surface area contributed by atoms with E-state index in [-0.39, 0.29) is 0 Å². The lowest BCUT2D eigenvalue weighted by molar-refractivity contribution is 0.729. The van der Waals surface area contributed by atoms with Gasteiger partial charge in [0.25, 0.3) is 0 Å². The van der Waals surface area contributed by atoms with Crippen LogP contribution in [0.5, 0.6) is 0 Å². The summed E-state index contributed by atoms with van der Waals surface area (Å²) in [6, 6.07) is 0. The molecule has 0 fully saturated rings. The standard InChI is InChI=1S/C11H20/c1-3-5-7-9-11-10-8-6-4-2/h5,7,9,11H,3-4,6,8,10H2,1-2H3/b7-5-,11-9-. The molecule has 0 aliphatic rings. The Kier molecular flexibility index (Phi) is 9.03. The number of unbranched alkanes of at least 4 members (excludes halogenated alkanes) is 3. The van der Waals surface area contributed by atoms with Gasteiger partial charge in [-0.25, -0.2) is 0 Å². The molecule has 0 unspecified atom stereocenters. The van der Waals surface area contributed by atoms with E-state index in [9.17, 15) is 0 Å². The third-order valence-corrected chi connectivity index (χ3v) is 1.59. The molecule has 0 N–H and O–H groups in total. The molecule has 0 aromatic heterocycles. The van der Waals surface area contributed by atoms with E-state index in [1.165, 1.54) is 25.7 Å². The zero-order chi connectivity index (χ0) is 8.36. The van der Waals surface area contributed by atoms with Crippen LogP contribution in [0.4, 0.5) is 0 Å². The molecule has 0 nitrogen and oxygen atoms in total. The Balaban J connectivity index is 3.09. The number of allylic oxidation sites excluding steroid dienone is 4. The lowest BCUT2D eigenvalue weighted by atomic mass is 10.2. The summed E-state index contributed by atoms with van der Waals surface area (Å²) >= 11 is 0. The van der Waals surface area contributed by atoms with Crippen LogP contribution in [0.2, 0.25) is 0 Å². The molecule has 0 aromatic rings. The highest BCUT2D eigenvalue weighted by Gasteiger charge is 1.79. The van der Waals surface area contributed by atoms with Gasteiger partial charge in [0, 0.05) is 0 Å². The van der Waals surface area contributed by atoms with Crippen LogP contribution in [0.1, 0.15) is 46.0 Å². The van der Waals surface area contributed by atoms with Gasteiger partial charge in [-0.2, -0.15) is 0 Å². The summed E-state index contributed by atoms with van der Waals surface area (Å²) in [4.78, 5) is 0. The van der Waals surface area contributed by atoms with E-state index in [2.05, 4.69) is 38.2 Å². The summed E-state index contributed by atoms with van der Waals surface area (Å²) in [5.41, 5.74) is 0. The maximum absolute atomic E-state index is 2.25. The summed E-state index contributed by atoms with van der Waals surface area (Å²) in [6.07, 6.45) is 15.1. The number of hydrogen-bond acceptors (Lipinski definition) is 0. The maximum atomic E-state index is 2.25. The molecular formula is C11H20. The van der Waals surface area contributed by atoms with Crippen LogP contribution in [0, 0.1) is 0 Å². The van der Waals surface area contributed by atoms with Crippen LogP contribution in [-0.4, -0.2) is 0 Å². The predicted octanol–water partition coefficient (Wildman–Crippen LogP) is 4.09. The van der Waals surface area contributed by atoms with E-state index in [0.717, 1.165) is 6.42 Å². The smallest absolute Gasteiger partial charge is 0.0348 e. The van der Waals surface area contributed by atoms with Crippen LogP contribution in [0.25, 0.3) is 0 Å². The summed E-state index contributed by atoms with van der Waals surface area (Å²) in [5, 5.41) is 0. The van der Waals surface area contributed by atoms with Crippen molar-refractivity contribution < 1.29 is 0 Å². The highest BCUT2D eigenvalue weighted by atomic mass is 13.9. The first-order valence-electron chi connectivity index (χ1n) is 4.73. The first kappa shape index (κ1) is 10.5. The van der Waals surface area contributed by atoms with Gasteiger partial charge in [-0.05, 0) is 19.3 Å². The van der Waals surface area contributed by atoms with Gasteiger partial charge in [-0.1, -0.05) is 51.0 Å². The summed E-state index contributed by atoms with van der Waals surface area (Å²) in [6.45, 7) is 4.39. The van der Waals surface area contributed by atoms with Gasteiger partial charge in [0.05, 0.1) is 0 Å². The molecule has 0 aromatic carbocycles. The van der Waals surface area contributed by atoms with Crippen LogP contribution in [0.3, 0.4) is 0 Å². The third kappa shape index (κ3) is 9.48. The summed E-state index contributed by atoms with van der Waals surface area (Å²) in [7, 11) is 0. The van der Waals surface area contributed by atoms with Crippen molar-refractivity contribution >= 4 is 0 Å². The molecular weight excluding hydrogens is 132 g/mol. The molecule has 0 heterocycles. The zero-order valence-electron chi connectivity index (χ0n) is 7.84. The Labute approximate surface area is 71.0 Å². The van der Waals surface area contributed by atoms with Gasteiger partial charge in [0.2, 0.25) is 0 Å². The van der Waals surface area contributed by atoms with Crippen LogP contribution >= 0.6 is 0 Å². The fourth-order valence-corrected chi connectivity index (χ4v) is 0.902. The average molecular weight is 152 g/mol. The first-order chi connectivity index (χ1) is 5.41. The summed E-state index contributed by atoms with van der Waals surface area (Å²) in [5.74, 6) is 0. The van der Waals surface area contributed by atoms with Crippen molar-refractivity contribution in [3.8, 4) is 0 Å². The molecule has 0 radical (unpaired) electrons. The Hall–Kier alpha value is -0.520. The SMILES string of the molecule is CC/C=C\C=C/CCCCC. The second kappa shape index (κ2) is 9.48. The first-order valence-corrected chi connectivity index (χ1v) is 4.73. The van der Waals surface area contributed by atoms with Crippen molar-refractivity contribution in [3.63, 3.8) is 0 Å². The number of rotatable bonds is 6. The van der Waals surface area contributed by atoms with Crippen molar-refractivity contribution in [3.05, 3.63) is 24.3 Å². The molecule has 64 valence electrons. The minimum Gasteiger partial charge on any atom is -0.0848 e. The highest BCUT2D eigenvalue weighted by molar-refractivity contribution is 5.01. The molecule has 0 amide bonds. The van der Waals surface area contributed by atoms with Gasteiger partial charge < -0.3 is 0 Å². The lowest BCUT2D eigenvalue weighted by Crippen LogP contribution is -1.69. The lowest BCUT2D eigenvalue weighted by Gasteiger charge is -1.89. The van der Waals surface area contributed by atoms with E-state index in [4.69, 9.17) is 0 Å². The second-order valence-electron chi connectivity index (χ2n) is 2.76. The Bertz CT molecular complexity index is 109. The molecule has 0 atom stereocenters. The Morgan fingerprint density at radius 2 is 1.64 bits per heavy atom. The monoisotopic (exact) mass is 152 g/mol. The minimum atomic E-state index is 1.14. The van der Waals surface area contributed by atoms with Crippen molar-refractivity contribution in [1.29, 1.82) is 0 Å². The average Bonchev–Trinajstić information content (AvgIpc) is 2.03. The zero-order valence-corrected chi connectivity index (χ0v) is 7.84. The van der Waals surface area contributed by atoms with Gasteiger partial charge in [-0.15, -0.1) is 0 Å². The number of hydrogen-bond donors (Lipinski definition) is 0. The molecule has 0 heteroatoms. The van der Waals surface area contributed by atoms with E-state index < -0.39 is 0 Å². The summed E-state index contributed by atoms with van der Waals surface area (Å²) < 4.78 is 0. The van der Waals surface area contributed by atoms with Gasteiger partial charge >= 0.3 is 0 Å². The molecule has 0 saturated carbocycles. The van der Waals surface area contributed by atoms with Gasteiger partial charge in [0.15, 0.2) is 0 Å². The van der Waals surface area contributed by atoms with Crippen molar-refractivity contribution in [1.82, 2.24) is 0 Å². The van der Waals surface area contributed by atoms with Crippen LogP contribution in [0.15, 0.2) is 24.3 Å². The van der Waals surface area contributed by atoms with E-state index in [1.807, 2.05) is 0 Å². The predicted molar refractivity (Wildman–Crippen MR) is 52.7 cm³/mol. The van der Waals surface area contributed by atoms with Crippen molar-refractivity contribution in [2.75, 3.05) is 0 Å². The highest BCUT2D eigenvalue weighted by Crippen LogP contribution is 1.99. The van der Waals surface area contributed by atoms with Crippen molar-refractivity contribution in [2.24, 2.45) is 0 Å². The largest absolute Gasteiger partial charge is 0.0848 e. The Morgan fingerprint density at radius 1 is 0.909 bits per heavy atom. The normalized spacial score (nSPS) is 11.8. The van der Waals surface area contributed by atoms with E-state index in [0.29, 0.717) is 0 Å². The molecule has 0 spiro atoms. The van der Waals surface area contributed by atoms with E-state index >= 15 is 0 Å². The second-order valence-corrected chi connectivity index (χ2v) is 2.76. The molecule has 0 aliphatic heterocycles. The molecule has 0 aliphatic carbocycles. The topological polar surface area (TPSA) is 0 Å². The fourth-order valence-electron chi connectivity index (χ4n) is 0.902. The third-order valence-electron chi connectivity index (χ3n) is 1.59. The maximum Gasteiger partial charge on any atom is -0.0348 e. The molecule has 11 heavy (non-hydrogen) atoms. The quantitative estimate of drug-likeness (QED) is 0.397. The van der Waals surface area contributed by atoms with E-state index in [1.54, 1.807) is 0 Å². The van der Waals surface area contributed by atoms with Crippen LogP contribution < -0.4 is 0 Å². The molecule has 0 bridgehead atoms.